The lowest BCUT2D eigenvalue weighted by atomic mass is 10.1. The van der Waals surface area contributed by atoms with Gasteiger partial charge in [0.05, 0.1) is 7.11 Å². The van der Waals surface area contributed by atoms with E-state index in [0.29, 0.717) is 10.0 Å². The molecule has 2 rings (SSSR count). The summed E-state index contributed by atoms with van der Waals surface area (Å²) in [4.78, 5) is 24.6. The van der Waals surface area contributed by atoms with Crippen molar-refractivity contribution >= 4 is 33.9 Å². The molecule has 0 bridgehead atoms. The molecule has 0 unspecified atom stereocenters. The minimum atomic E-state index is -0.467. The summed E-state index contributed by atoms with van der Waals surface area (Å²) in [5.74, 6) is -0.244. The number of carbonyl (C=O) groups excluding carboxylic acids is 2. The Kier molecular flexibility index (Phi) is 3.99. The summed E-state index contributed by atoms with van der Waals surface area (Å²) in [5, 5.41) is 12.5. The van der Waals surface area contributed by atoms with Crippen LogP contribution in [0.5, 0.6) is 11.5 Å². The molecule has 0 atom stereocenters. The highest BCUT2D eigenvalue weighted by atomic mass is 79.9. The summed E-state index contributed by atoms with van der Waals surface area (Å²) in [5.41, 5.74) is 0.491. The molecule has 1 aromatic rings. The van der Waals surface area contributed by atoms with E-state index in [2.05, 4.69) is 21.2 Å². The number of likely N-dealkylation sites (N-methyl/N-ethyl adjacent to an activating group) is 1. The van der Waals surface area contributed by atoms with Gasteiger partial charge in [0, 0.05) is 16.6 Å². The van der Waals surface area contributed by atoms with Gasteiger partial charge in [-0.05, 0) is 25.1 Å². The second-order valence-corrected chi connectivity index (χ2v) is 5.00. The molecule has 106 valence electrons. The molecule has 0 aromatic heterocycles. The SMILES string of the molecule is CCN1C(=O)N/C(=C/c2cc(Br)cc(OC)c2O)C1=O. The number of halogens is 1. The molecule has 1 heterocycles. The maximum Gasteiger partial charge on any atom is 0.328 e. The molecule has 0 saturated carbocycles. The van der Waals surface area contributed by atoms with Crippen LogP contribution in [0.3, 0.4) is 0 Å². The van der Waals surface area contributed by atoms with Gasteiger partial charge < -0.3 is 15.2 Å². The van der Waals surface area contributed by atoms with Crippen molar-refractivity contribution < 1.29 is 19.4 Å². The number of imide groups is 1. The molecule has 2 N–H and O–H groups in total. The molecule has 7 heteroatoms. The molecule has 3 amide bonds. The first-order valence-corrected chi connectivity index (χ1v) is 6.68. The molecule has 1 aromatic carbocycles. The average Bonchev–Trinajstić information content (AvgIpc) is 2.67. The highest BCUT2D eigenvalue weighted by molar-refractivity contribution is 9.10. The normalized spacial score (nSPS) is 16.8. The number of ether oxygens (including phenoxy) is 1. The number of rotatable bonds is 3. The van der Waals surface area contributed by atoms with Crippen LogP contribution in [0.2, 0.25) is 0 Å². The highest BCUT2D eigenvalue weighted by Crippen LogP contribution is 2.35. The monoisotopic (exact) mass is 340 g/mol. The van der Waals surface area contributed by atoms with Crippen LogP contribution >= 0.6 is 15.9 Å². The van der Waals surface area contributed by atoms with E-state index in [1.807, 2.05) is 0 Å². The number of benzene rings is 1. The summed E-state index contributed by atoms with van der Waals surface area (Å²) in [6, 6.07) is 2.76. The molecule has 1 fully saturated rings. The Morgan fingerprint density at radius 1 is 1.45 bits per heavy atom. The van der Waals surface area contributed by atoms with Crippen molar-refractivity contribution in [3.8, 4) is 11.5 Å². The molecule has 20 heavy (non-hydrogen) atoms. The number of phenols is 1. The van der Waals surface area contributed by atoms with Gasteiger partial charge in [-0.25, -0.2) is 4.79 Å². The van der Waals surface area contributed by atoms with Crippen molar-refractivity contribution in [3.63, 3.8) is 0 Å². The van der Waals surface area contributed by atoms with Gasteiger partial charge in [0.15, 0.2) is 11.5 Å². The molecular weight excluding hydrogens is 328 g/mol. The smallest absolute Gasteiger partial charge is 0.328 e. The molecule has 1 aliphatic rings. The second-order valence-electron chi connectivity index (χ2n) is 4.08. The van der Waals surface area contributed by atoms with Crippen LogP contribution in [0.15, 0.2) is 22.3 Å². The topological polar surface area (TPSA) is 78.9 Å². The van der Waals surface area contributed by atoms with Crippen molar-refractivity contribution in [1.82, 2.24) is 10.2 Å². The molecule has 0 aliphatic carbocycles. The van der Waals surface area contributed by atoms with E-state index in [1.54, 1.807) is 19.1 Å². The fraction of sp³-hybridized carbons (Fsp3) is 0.231. The number of methoxy groups -OCH3 is 1. The van der Waals surface area contributed by atoms with E-state index >= 15 is 0 Å². The zero-order valence-corrected chi connectivity index (χ0v) is 12.5. The predicted octanol–water partition coefficient (Wildman–Crippen LogP) is 2.08. The summed E-state index contributed by atoms with van der Waals surface area (Å²) in [6.45, 7) is 2.00. The quantitative estimate of drug-likeness (QED) is 0.652. The van der Waals surface area contributed by atoms with Crippen LogP contribution in [0.25, 0.3) is 6.08 Å². The van der Waals surface area contributed by atoms with Crippen molar-refractivity contribution in [1.29, 1.82) is 0 Å². The summed E-state index contributed by atoms with van der Waals surface area (Å²) >= 11 is 3.29. The Morgan fingerprint density at radius 3 is 2.70 bits per heavy atom. The van der Waals surface area contributed by atoms with Crippen molar-refractivity contribution in [2.45, 2.75) is 6.92 Å². The van der Waals surface area contributed by atoms with E-state index in [1.165, 1.54) is 13.2 Å². The van der Waals surface area contributed by atoms with Gasteiger partial charge in [-0.15, -0.1) is 0 Å². The van der Waals surface area contributed by atoms with E-state index in [-0.39, 0.29) is 23.7 Å². The lowest BCUT2D eigenvalue weighted by molar-refractivity contribution is -0.122. The first-order valence-electron chi connectivity index (χ1n) is 5.89. The number of urea groups is 1. The average molecular weight is 341 g/mol. The minimum absolute atomic E-state index is 0.0970. The number of hydrogen-bond acceptors (Lipinski definition) is 4. The Morgan fingerprint density at radius 2 is 2.15 bits per heavy atom. The first-order chi connectivity index (χ1) is 9.47. The van der Waals surface area contributed by atoms with Crippen molar-refractivity contribution in [2.24, 2.45) is 0 Å². The number of nitrogens with one attached hydrogen (secondary N) is 1. The maximum absolute atomic E-state index is 12.0. The molecule has 1 aliphatic heterocycles. The van der Waals surface area contributed by atoms with Gasteiger partial charge in [0.25, 0.3) is 5.91 Å². The Balaban J connectivity index is 2.44. The Bertz CT molecular complexity index is 613. The fourth-order valence-corrected chi connectivity index (χ4v) is 2.33. The van der Waals surface area contributed by atoms with E-state index in [4.69, 9.17) is 4.74 Å². The van der Waals surface area contributed by atoms with Crippen molar-refractivity contribution in [3.05, 3.63) is 27.9 Å². The van der Waals surface area contributed by atoms with Crippen LogP contribution in [-0.2, 0) is 4.79 Å². The van der Waals surface area contributed by atoms with Crippen LogP contribution in [0.4, 0.5) is 4.79 Å². The molecule has 6 nitrogen and oxygen atoms in total. The van der Waals surface area contributed by atoms with Crippen LogP contribution in [0, 0.1) is 0 Å². The number of aromatic hydroxyl groups is 1. The number of nitrogens with zero attached hydrogens (tertiary/aromatic N) is 1. The zero-order chi connectivity index (χ0) is 14.9. The van der Waals surface area contributed by atoms with Crippen LogP contribution in [-0.4, -0.2) is 35.6 Å². The molecule has 0 spiro atoms. The Hall–Kier alpha value is -2.02. The third-order valence-corrected chi connectivity index (χ3v) is 3.33. The lowest BCUT2D eigenvalue weighted by Gasteiger charge is -2.08. The third-order valence-electron chi connectivity index (χ3n) is 2.87. The maximum atomic E-state index is 12.0. The number of carbonyl (C=O) groups is 2. The fourth-order valence-electron chi connectivity index (χ4n) is 1.87. The van der Waals surface area contributed by atoms with Gasteiger partial charge in [0.1, 0.15) is 5.70 Å². The molecule has 0 radical (unpaired) electrons. The molecular formula is C13H13BrN2O4. The third kappa shape index (κ3) is 2.49. The number of hydrogen-bond donors (Lipinski definition) is 2. The van der Waals surface area contributed by atoms with E-state index in [0.717, 1.165) is 4.90 Å². The minimum Gasteiger partial charge on any atom is -0.504 e. The Labute approximate surface area is 124 Å². The molecule has 1 saturated heterocycles. The summed E-state index contributed by atoms with van der Waals surface area (Å²) < 4.78 is 5.71. The van der Waals surface area contributed by atoms with Gasteiger partial charge >= 0.3 is 6.03 Å². The number of phenolic OH excluding ortho intramolecular Hbond substituents is 1. The summed E-state index contributed by atoms with van der Waals surface area (Å²) in [7, 11) is 1.43. The van der Waals surface area contributed by atoms with Crippen molar-refractivity contribution in [2.75, 3.05) is 13.7 Å². The van der Waals surface area contributed by atoms with Crippen LogP contribution in [0.1, 0.15) is 12.5 Å². The van der Waals surface area contributed by atoms with Gasteiger partial charge in [-0.3, -0.25) is 9.69 Å². The lowest BCUT2D eigenvalue weighted by Crippen LogP contribution is -2.30. The largest absolute Gasteiger partial charge is 0.504 e. The highest BCUT2D eigenvalue weighted by Gasteiger charge is 2.32. The van der Waals surface area contributed by atoms with E-state index in [9.17, 15) is 14.7 Å². The van der Waals surface area contributed by atoms with Gasteiger partial charge in [-0.2, -0.15) is 0 Å². The van der Waals surface area contributed by atoms with Crippen LogP contribution < -0.4 is 10.1 Å². The first kappa shape index (κ1) is 14.4. The standard InChI is InChI=1S/C13H13BrN2O4/c1-3-16-12(18)9(15-13(16)19)5-7-4-8(14)6-10(20-2)11(7)17/h4-6,17H,3H2,1-2H3,(H,15,19)/b9-5+. The zero-order valence-electron chi connectivity index (χ0n) is 10.9. The summed E-state index contributed by atoms with van der Waals surface area (Å²) in [6.07, 6.45) is 1.42. The van der Waals surface area contributed by atoms with Gasteiger partial charge in [-0.1, -0.05) is 15.9 Å². The number of amides is 3. The van der Waals surface area contributed by atoms with E-state index < -0.39 is 11.9 Å². The second kappa shape index (κ2) is 5.54. The predicted molar refractivity (Wildman–Crippen MR) is 76.3 cm³/mol. The van der Waals surface area contributed by atoms with Gasteiger partial charge in [0.2, 0.25) is 0 Å².